The maximum atomic E-state index is 13.3. The highest BCUT2D eigenvalue weighted by atomic mass is 32.1. The first kappa shape index (κ1) is 27.0. The number of hydrogen-bond acceptors (Lipinski definition) is 7. The summed E-state index contributed by atoms with van der Waals surface area (Å²) in [5.74, 6) is 0.329. The van der Waals surface area contributed by atoms with Gasteiger partial charge in [0.2, 0.25) is 11.8 Å². The number of anilines is 2. The van der Waals surface area contributed by atoms with Gasteiger partial charge in [-0.3, -0.25) is 14.9 Å². The van der Waals surface area contributed by atoms with Crippen LogP contribution in [0.3, 0.4) is 0 Å². The summed E-state index contributed by atoms with van der Waals surface area (Å²) < 4.78 is 6.99. The van der Waals surface area contributed by atoms with Crippen LogP contribution in [0, 0.1) is 0 Å². The Morgan fingerprint density at radius 3 is 2.58 bits per heavy atom. The molecule has 10 heteroatoms. The first-order chi connectivity index (χ1) is 19.1. The number of aromatic nitrogens is 3. The summed E-state index contributed by atoms with van der Waals surface area (Å²) in [6.45, 7) is 3.59. The standard InChI is InChI=1S/C30H29N5O4S/c1-30(2,38)18-35-23-11-10-21(34(3)28(37)19-8-6-5-7-9-19)17-22(23)32-29(35)33-27(36)25-13-12-24(40-25)20-14-15-31-26(16-20)39-4/h5-17,38H,18H2,1-4H3,(H,32,33,36). The lowest BCUT2D eigenvalue weighted by Crippen LogP contribution is -2.27. The quantitative estimate of drug-likeness (QED) is 0.263. The molecule has 5 aromatic rings. The lowest BCUT2D eigenvalue weighted by molar-refractivity contribution is 0.0630. The Bertz CT molecular complexity index is 1690. The molecule has 0 bridgehead atoms. The predicted octanol–water partition coefficient (Wildman–Crippen LogP) is 5.47. The second-order valence-electron chi connectivity index (χ2n) is 9.94. The van der Waals surface area contributed by atoms with Crippen LogP contribution in [-0.2, 0) is 6.54 Å². The van der Waals surface area contributed by atoms with Crippen LogP contribution in [0.2, 0.25) is 0 Å². The molecule has 0 aliphatic rings. The number of methoxy groups -OCH3 is 1. The minimum atomic E-state index is -1.07. The fourth-order valence-corrected chi connectivity index (χ4v) is 5.21. The number of pyridine rings is 1. The molecule has 5 rings (SSSR count). The highest BCUT2D eigenvalue weighted by Gasteiger charge is 2.23. The zero-order valence-corrected chi connectivity index (χ0v) is 23.4. The van der Waals surface area contributed by atoms with Crippen LogP contribution in [0.5, 0.6) is 5.88 Å². The fourth-order valence-electron chi connectivity index (χ4n) is 4.31. The average Bonchev–Trinajstić information content (AvgIpc) is 3.57. The van der Waals surface area contributed by atoms with E-state index in [1.54, 1.807) is 67.9 Å². The van der Waals surface area contributed by atoms with Gasteiger partial charge in [0, 0.05) is 35.4 Å². The number of imidazole rings is 1. The van der Waals surface area contributed by atoms with E-state index in [2.05, 4.69) is 15.3 Å². The van der Waals surface area contributed by atoms with E-state index in [0.29, 0.717) is 33.5 Å². The molecule has 2 amide bonds. The van der Waals surface area contributed by atoms with Crippen molar-refractivity contribution in [1.82, 2.24) is 14.5 Å². The van der Waals surface area contributed by atoms with Crippen LogP contribution in [0.15, 0.2) is 79.0 Å². The molecule has 0 aliphatic carbocycles. The molecule has 40 heavy (non-hydrogen) atoms. The summed E-state index contributed by atoms with van der Waals surface area (Å²) in [6, 6.07) is 21.8. The SMILES string of the molecule is COc1cc(-c2ccc(C(=O)Nc3nc4cc(N(C)C(=O)c5ccccc5)ccc4n3CC(C)(C)O)s2)ccn1. The molecule has 0 radical (unpaired) electrons. The molecular weight excluding hydrogens is 526 g/mol. The molecule has 2 aromatic carbocycles. The zero-order chi connectivity index (χ0) is 28.4. The monoisotopic (exact) mass is 555 g/mol. The Kier molecular flexibility index (Phi) is 7.38. The van der Waals surface area contributed by atoms with Crippen molar-refractivity contribution in [2.45, 2.75) is 26.0 Å². The van der Waals surface area contributed by atoms with E-state index in [1.807, 2.05) is 48.5 Å². The number of carbonyl (C=O) groups is 2. The third kappa shape index (κ3) is 5.73. The Morgan fingerprint density at radius 2 is 1.85 bits per heavy atom. The van der Waals surface area contributed by atoms with E-state index in [1.165, 1.54) is 11.3 Å². The van der Waals surface area contributed by atoms with Crippen LogP contribution in [0.25, 0.3) is 21.5 Å². The van der Waals surface area contributed by atoms with Crippen molar-refractivity contribution in [3.8, 4) is 16.3 Å². The molecule has 204 valence electrons. The van der Waals surface area contributed by atoms with Gasteiger partial charge in [-0.15, -0.1) is 11.3 Å². The van der Waals surface area contributed by atoms with Crippen molar-refractivity contribution < 1.29 is 19.4 Å². The van der Waals surface area contributed by atoms with Gasteiger partial charge in [0.25, 0.3) is 11.8 Å². The van der Waals surface area contributed by atoms with Gasteiger partial charge in [-0.25, -0.2) is 9.97 Å². The molecule has 2 N–H and O–H groups in total. The van der Waals surface area contributed by atoms with Crippen LogP contribution >= 0.6 is 11.3 Å². The van der Waals surface area contributed by atoms with Crippen LogP contribution < -0.4 is 15.0 Å². The number of aliphatic hydroxyl groups is 1. The second kappa shape index (κ2) is 10.9. The first-order valence-corrected chi connectivity index (χ1v) is 13.4. The van der Waals surface area contributed by atoms with Crippen LogP contribution in [0.1, 0.15) is 33.9 Å². The summed E-state index contributed by atoms with van der Waals surface area (Å²) in [6.07, 6.45) is 1.66. The molecule has 0 saturated heterocycles. The topological polar surface area (TPSA) is 110 Å². The number of hydrogen-bond donors (Lipinski definition) is 2. The number of amides is 2. The first-order valence-electron chi connectivity index (χ1n) is 12.6. The summed E-state index contributed by atoms with van der Waals surface area (Å²) in [5, 5.41) is 13.5. The maximum absolute atomic E-state index is 13.3. The lowest BCUT2D eigenvalue weighted by Gasteiger charge is -2.20. The van der Waals surface area contributed by atoms with E-state index in [9.17, 15) is 14.7 Å². The summed E-state index contributed by atoms with van der Waals surface area (Å²) >= 11 is 1.34. The fraction of sp³-hybridized carbons (Fsp3) is 0.200. The Balaban J connectivity index is 1.45. The van der Waals surface area contributed by atoms with E-state index >= 15 is 0 Å². The number of fused-ring (bicyclic) bond motifs is 1. The van der Waals surface area contributed by atoms with Crippen LogP contribution in [-0.4, -0.2) is 51.2 Å². The van der Waals surface area contributed by atoms with Gasteiger partial charge in [0.15, 0.2) is 0 Å². The van der Waals surface area contributed by atoms with Crippen molar-refractivity contribution in [3.05, 3.63) is 89.4 Å². The molecule has 0 aliphatic heterocycles. The van der Waals surface area contributed by atoms with Gasteiger partial charge >= 0.3 is 0 Å². The largest absolute Gasteiger partial charge is 0.481 e. The third-order valence-corrected chi connectivity index (χ3v) is 7.41. The number of carbonyl (C=O) groups excluding carboxylic acids is 2. The number of ether oxygens (including phenoxy) is 1. The van der Waals surface area contributed by atoms with Gasteiger partial charge in [-0.05, 0) is 67.9 Å². The smallest absolute Gasteiger partial charge is 0.268 e. The molecule has 3 heterocycles. The molecular formula is C30H29N5O4S. The third-order valence-electron chi connectivity index (χ3n) is 6.27. The summed E-state index contributed by atoms with van der Waals surface area (Å²) in [7, 11) is 3.26. The highest BCUT2D eigenvalue weighted by molar-refractivity contribution is 7.17. The molecule has 0 fully saturated rings. The normalized spacial score (nSPS) is 11.4. The molecule has 0 saturated carbocycles. The van der Waals surface area contributed by atoms with E-state index in [-0.39, 0.29) is 18.4 Å². The van der Waals surface area contributed by atoms with Gasteiger partial charge < -0.3 is 19.3 Å². The highest BCUT2D eigenvalue weighted by Crippen LogP contribution is 2.31. The van der Waals surface area contributed by atoms with Crippen molar-refractivity contribution in [1.29, 1.82) is 0 Å². The van der Waals surface area contributed by atoms with E-state index in [0.717, 1.165) is 16.0 Å². The summed E-state index contributed by atoms with van der Waals surface area (Å²) in [5.41, 5.74) is 2.36. The minimum absolute atomic E-state index is 0.148. The van der Waals surface area contributed by atoms with E-state index in [4.69, 9.17) is 4.74 Å². The number of benzene rings is 2. The molecule has 9 nitrogen and oxygen atoms in total. The van der Waals surface area contributed by atoms with Gasteiger partial charge in [-0.1, -0.05) is 18.2 Å². The predicted molar refractivity (Wildman–Crippen MR) is 157 cm³/mol. The van der Waals surface area contributed by atoms with Gasteiger partial charge in [0.1, 0.15) is 0 Å². The minimum Gasteiger partial charge on any atom is -0.481 e. The number of nitrogens with zero attached hydrogens (tertiary/aromatic N) is 4. The van der Waals surface area contributed by atoms with Gasteiger partial charge in [0.05, 0.1) is 35.2 Å². The van der Waals surface area contributed by atoms with Crippen molar-refractivity contribution in [2.24, 2.45) is 0 Å². The second-order valence-corrected chi connectivity index (χ2v) is 11.0. The van der Waals surface area contributed by atoms with Crippen LogP contribution in [0.4, 0.5) is 11.6 Å². The number of thiophene rings is 1. The Hall–Kier alpha value is -4.54. The van der Waals surface area contributed by atoms with Gasteiger partial charge in [-0.2, -0.15) is 0 Å². The Labute approximate surface area is 235 Å². The molecule has 0 atom stereocenters. The van der Waals surface area contributed by atoms with Crippen molar-refractivity contribution in [3.63, 3.8) is 0 Å². The molecule has 3 aromatic heterocycles. The van der Waals surface area contributed by atoms with E-state index < -0.39 is 5.60 Å². The molecule has 0 unspecified atom stereocenters. The zero-order valence-electron chi connectivity index (χ0n) is 22.6. The lowest BCUT2D eigenvalue weighted by atomic mass is 10.1. The number of nitrogens with one attached hydrogen (secondary N) is 1. The van der Waals surface area contributed by atoms with Crippen molar-refractivity contribution >= 4 is 45.8 Å². The maximum Gasteiger partial charge on any atom is 0.268 e. The Morgan fingerprint density at radius 1 is 1.07 bits per heavy atom. The average molecular weight is 556 g/mol. The van der Waals surface area contributed by atoms with Crippen molar-refractivity contribution in [2.75, 3.05) is 24.4 Å². The molecule has 0 spiro atoms. The number of rotatable bonds is 8. The summed E-state index contributed by atoms with van der Waals surface area (Å²) in [4.78, 5) is 38.1.